The first-order valence-electron chi connectivity index (χ1n) is 17.3. The Morgan fingerprint density at radius 2 is 0.923 bits per heavy atom. The van der Waals surface area contributed by atoms with Gasteiger partial charge in [-0.3, -0.25) is 4.79 Å². The summed E-state index contributed by atoms with van der Waals surface area (Å²) in [5.41, 5.74) is 9.01. The predicted molar refractivity (Wildman–Crippen MR) is 210 cm³/mol. The van der Waals surface area contributed by atoms with Crippen molar-refractivity contribution in [3.8, 4) is 22.5 Å². The van der Waals surface area contributed by atoms with E-state index in [0.717, 1.165) is 72.1 Å². The second kappa shape index (κ2) is 14.5. The molecule has 5 aromatic carbocycles. The number of aliphatic imine (C=N–C) groups is 1. The lowest BCUT2D eigenvalue weighted by molar-refractivity contribution is -0.492. The van der Waals surface area contributed by atoms with E-state index < -0.39 is 0 Å². The zero-order chi connectivity index (χ0) is 35.3. The summed E-state index contributed by atoms with van der Waals surface area (Å²) in [6.45, 7) is 1.47. The van der Waals surface area contributed by atoms with Gasteiger partial charge in [0.05, 0.1) is 5.71 Å². The van der Waals surface area contributed by atoms with Gasteiger partial charge in [-0.1, -0.05) is 121 Å². The Bertz CT molecular complexity index is 2530. The molecule has 0 radical (unpaired) electrons. The summed E-state index contributed by atoms with van der Waals surface area (Å²) in [6.07, 6.45) is 12.1. The lowest BCUT2D eigenvalue weighted by atomic mass is 10.0. The largest absolute Gasteiger partial charge is 0.456 e. The van der Waals surface area contributed by atoms with Gasteiger partial charge in [-0.15, -0.1) is 0 Å². The molecule has 0 bridgehead atoms. The maximum absolute atomic E-state index is 11.7. The minimum Gasteiger partial charge on any atom is -0.456 e. The Morgan fingerprint density at radius 1 is 0.500 bits per heavy atom. The molecule has 2 aliphatic rings. The molecule has 52 heavy (non-hydrogen) atoms. The van der Waals surface area contributed by atoms with E-state index in [-0.39, 0.29) is 5.91 Å². The van der Waals surface area contributed by atoms with Crippen LogP contribution in [0.4, 0.5) is 0 Å². The van der Waals surface area contributed by atoms with Crippen LogP contribution in [0, 0.1) is 16.1 Å². The molecule has 4 heteroatoms. The lowest BCUT2D eigenvalue weighted by Crippen LogP contribution is -2.28. The molecule has 2 heterocycles. The second-order valence-corrected chi connectivity index (χ2v) is 12.6. The van der Waals surface area contributed by atoms with E-state index in [1.54, 1.807) is 0 Å². The summed E-state index contributed by atoms with van der Waals surface area (Å²) in [5, 5.41) is 3.30. The molecule has 4 nitrogen and oxygen atoms in total. The van der Waals surface area contributed by atoms with Gasteiger partial charge in [0.25, 0.3) is 0 Å². The van der Waals surface area contributed by atoms with Crippen LogP contribution in [0.5, 0.6) is 0 Å². The van der Waals surface area contributed by atoms with Crippen LogP contribution in [0.15, 0.2) is 199 Å². The van der Waals surface area contributed by atoms with Gasteiger partial charge in [0.1, 0.15) is 11.5 Å². The third-order valence-corrected chi connectivity index (χ3v) is 9.06. The maximum atomic E-state index is 11.7. The van der Waals surface area contributed by atoms with Crippen molar-refractivity contribution in [3.05, 3.63) is 227 Å². The molecular weight excluding hydrogens is 637 g/mol. The van der Waals surface area contributed by atoms with Crippen LogP contribution in [0.3, 0.4) is 0 Å². The van der Waals surface area contributed by atoms with Crippen molar-refractivity contribution in [1.29, 1.82) is 0 Å². The molecule has 0 saturated carbocycles. The van der Waals surface area contributed by atoms with Gasteiger partial charge in [0.2, 0.25) is 23.0 Å². The quantitative estimate of drug-likeness (QED) is 0.175. The van der Waals surface area contributed by atoms with Crippen molar-refractivity contribution in [3.63, 3.8) is 0 Å². The molecule has 0 atom stereocenters. The molecule has 1 aliphatic carbocycles. The zero-order valence-corrected chi connectivity index (χ0v) is 28.7. The predicted octanol–water partition coefficient (Wildman–Crippen LogP) is 9.35. The highest BCUT2D eigenvalue weighted by atomic mass is 16.5. The van der Waals surface area contributed by atoms with Crippen LogP contribution >= 0.6 is 0 Å². The van der Waals surface area contributed by atoms with E-state index in [1.165, 1.54) is 6.92 Å². The fourth-order valence-electron chi connectivity index (χ4n) is 6.55. The van der Waals surface area contributed by atoms with Gasteiger partial charge in [-0.25, -0.2) is 4.99 Å². The number of carbonyl (C=O) groups is 1. The first kappa shape index (κ1) is 32.3. The smallest absolute Gasteiger partial charge is 0.243 e. The monoisotopic (exact) mass is 671 g/mol. The SMILES string of the molecule is CC(=O)N=C1C=CC(=[n+]2c(-c3ccccc3)cc(=c3ccc(=C4C=C(c5ccccc5)OC(c5ccccc5)=C4)cc3)cc2-c2ccccc2)C=C1. The molecule has 0 spiro atoms. The van der Waals surface area contributed by atoms with E-state index in [4.69, 9.17) is 4.74 Å². The van der Waals surface area contributed by atoms with E-state index in [0.29, 0.717) is 5.71 Å². The number of carbonyl (C=O) groups excluding carboxylic acids is 1. The second-order valence-electron chi connectivity index (χ2n) is 12.6. The Morgan fingerprint density at radius 3 is 1.37 bits per heavy atom. The van der Waals surface area contributed by atoms with Gasteiger partial charge in [-0.05, 0) is 69.8 Å². The minimum absolute atomic E-state index is 0.221. The number of pyridine rings is 1. The van der Waals surface area contributed by atoms with Crippen molar-refractivity contribution in [2.45, 2.75) is 6.92 Å². The summed E-state index contributed by atoms with van der Waals surface area (Å²) < 4.78 is 8.75. The first-order valence-corrected chi connectivity index (χ1v) is 17.3. The summed E-state index contributed by atoms with van der Waals surface area (Å²) >= 11 is 0. The van der Waals surface area contributed by atoms with Gasteiger partial charge in [0.15, 0.2) is 0 Å². The van der Waals surface area contributed by atoms with Crippen LogP contribution in [-0.4, -0.2) is 11.6 Å². The normalized spacial score (nSPS) is 13.7. The third-order valence-electron chi connectivity index (χ3n) is 9.06. The number of amides is 1. The fourth-order valence-corrected chi connectivity index (χ4v) is 6.55. The molecule has 0 N–H and O–H groups in total. The molecule has 6 aromatic rings. The van der Waals surface area contributed by atoms with Crippen molar-refractivity contribution >= 4 is 28.7 Å². The molecule has 1 aliphatic heterocycles. The maximum Gasteiger partial charge on any atom is 0.243 e. The van der Waals surface area contributed by atoms with Gasteiger partial charge in [0, 0.05) is 53.5 Å². The lowest BCUT2D eigenvalue weighted by Gasteiger charge is -2.19. The van der Waals surface area contributed by atoms with Crippen molar-refractivity contribution in [2.24, 2.45) is 4.99 Å². The van der Waals surface area contributed by atoms with Gasteiger partial charge >= 0.3 is 0 Å². The Labute approximate surface area is 302 Å². The number of allylic oxidation sites excluding steroid dienone is 6. The molecule has 0 unspecified atom stereocenters. The van der Waals surface area contributed by atoms with Crippen LogP contribution in [-0.2, 0) is 9.53 Å². The number of aromatic nitrogens is 1. The molecule has 1 aromatic heterocycles. The van der Waals surface area contributed by atoms with E-state index in [1.807, 2.05) is 72.8 Å². The van der Waals surface area contributed by atoms with Crippen LogP contribution in [0.2, 0.25) is 0 Å². The molecule has 0 fully saturated rings. The van der Waals surface area contributed by atoms with Gasteiger partial charge < -0.3 is 4.74 Å². The van der Waals surface area contributed by atoms with Crippen LogP contribution < -0.4 is 9.46 Å². The fraction of sp³-hybridized carbons (Fsp3) is 0.0208. The third kappa shape index (κ3) is 6.91. The zero-order valence-electron chi connectivity index (χ0n) is 28.7. The summed E-state index contributed by atoms with van der Waals surface area (Å²) in [7, 11) is 0. The van der Waals surface area contributed by atoms with E-state index in [2.05, 4.69) is 131 Å². The highest BCUT2D eigenvalue weighted by molar-refractivity contribution is 6.10. The van der Waals surface area contributed by atoms with Crippen molar-refractivity contribution in [1.82, 2.24) is 0 Å². The minimum atomic E-state index is -0.221. The topological polar surface area (TPSA) is 44.6 Å². The number of rotatable bonds is 4. The average molecular weight is 672 g/mol. The number of nitrogens with zero attached hydrogens (tertiary/aromatic N) is 2. The molecule has 0 saturated heterocycles. The van der Waals surface area contributed by atoms with E-state index in [9.17, 15) is 4.79 Å². The Balaban J connectivity index is 1.37. The molecule has 8 rings (SSSR count). The summed E-state index contributed by atoms with van der Waals surface area (Å²) in [5.74, 6) is 1.41. The standard InChI is InChI=1S/C48H35N2O2/c1-34(51)49-43-26-28-44(29-27-43)50-45(37-14-6-2-7-15-37)30-41(31-46(50)38-16-8-3-9-17-38)35-22-24-36(25-23-35)42-32-47(39-18-10-4-11-19-39)52-48(33-42)40-20-12-5-13-21-40/h2-33H,1H3/q+1. The van der Waals surface area contributed by atoms with Crippen molar-refractivity contribution in [2.75, 3.05) is 0 Å². The van der Waals surface area contributed by atoms with E-state index >= 15 is 0 Å². The van der Waals surface area contributed by atoms with Crippen LogP contribution in [0.1, 0.15) is 18.1 Å². The molecule has 1 amide bonds. The van der Waals surface area contributed by atoms with Crippen molar-refractivity contribution < 1.29 is 13.8 Å². The molecular formula is C48H35N2O2+. The Hall–Kier alpha value is -6.91. The highest BCUT2D eigenvalue weighted by Gasteiger charge is 2.20. The number of hydrogen-bond donors (Lipinski definition) is 0. The summed E-state index contributed by atoms with van der Waals surface area (Å²) in [6, 6.07) is 54.7. The number of ether oxygens (including phenoxy) is 1. The number of benzene rings is 5. The Kier molecular flexibility index (Phi) is 9.02. The number of hydrogen-bond acceptors (Lipinski definition) is 2. The van der Waals surface area contributed by atoms with Gasteiger partial charge in [-0.2, -0.15) is 4.24 Å². The average Bonchev–Trinajstić information content (AvgIpc) is 3.22. The summed E-state index contributed by atoms with van der Waals surface area (Å²) in [4.78, 5) is 15.8. The van der Waals surface area contributed by atoms with Crippen LogP contribution in [0.25, 0.3) is 39.6 Å². The highest BCUT2D eigenvalue weighted by Crippen LogP contribution is 2.32. The molecule has 248 valence electrons. The first-order chi connectivity index (χ1) is 25.6.